The zero-order valence-corrected chi connectivity index (χ0v) is 18.2. The summed E-state index contributed by atoms with van der Waals surface area (Å²) in [6.07, 6.45) is 4.53. The molecule has 0 fully saturated rings. The zero-order valence-electron chi connectivity index (χ0n) is 15.8. The molecule has 0 bridgehead atoms. The fourth-order valence-corrected chi connectivity index (χ4v) is 3.92. The van der Waals surface area contributed by atoms with Crippen molar-refractivity contribution in [2.75, 3.05) is 5.32 Å². The number of hydrogen-bond donors (Lipinski definition) is 3. The summed E-state index contributed by atoms with van der Waals surface area (Å²) < 4.78 is 29.4. The highest BCUT2D eigenvalue weighted by Gasteiger charge is 2.26. The Balaban J connectivity index is 0.00000341. The number of sulfonamides is 1. The van der Waals surface area contributed by atoms with Gasteiger partial charge in [0.05, 0.1) is 16.8 Å². The van der Waals surface area contributed by atoms with Gasteiger partial charge in [-0.1, -0.05) is 17.7 Å². The summed E-state index contributed by atoms with van der Waals surface area (Å²) in [6.45, 7) is -0.0305. The van der Waals surface area contributed by atoms with Gasteiger partial charge in [-0.25, -0.2) is 18.2 Å². The van der Waals surface area contributed by atoms with E-state index >= 15 is 0 Å². The molecule has 0 saturated heterocycles. The molecular weight excluding hydrogens is 467 g/mol. The van der Waals surface area contributed by atoms with Crippen LogP contribution < -0.4 is 10.0 Å². The maximum atomic E-state index is 12.8. The van der Waals surface area contributed by atoms with Crippen LogP contribution in [0.25, 0.3) is 0 Å². The van der Waals surface area contributed by atoms with Gasteiger partial charge in [0.25, 0.3) is 0 Å². The molecular formula is C19H18Cl2N4O5S. The lowest BCUT2D eigenvalue weighted by molar-refractivity contribution is -0.118. The number of hydrogen-bond acceptors (Lipinski definition) is 5. The van der Waals surface area contributed by atoms with E-state index in [1.54, 1.807) is 10.8 Å². The Morgan fingerprint density at radius 1 is 1.16 bits per heavy atom. The summed E-state index contributed by atoms with van der Waals surface area (Å²) in [5, 5.41) is 12.0. The van der Waals surface area contributed by atoms with Crippen molar-refractivity contribution in [2.24, 2.45) is 0 Å². The van der Waals surface area contributed by atoms with Crippen molar-refractivity contribution in [1.29, 1.82) is 0 Å². The van der Waals surface area contributed by atoms with Crippen LogP contribution in [0.15, 0.2) is 72.1 Å². The van der Waals surface area contributed by atoms with Crippen LogP contribution in [-0.2, 0) is 21.4 Å². The molecule has 2 aromatic carbocycles. The lowest BCUT2D eigenvalue weighted by Crippen LogP contribution is -2.46. The van der Waals surface area contributed by atoms with E-state index in [4.69, 9.17) is 16.7 Å². The van der Waals surface area contributed by atoms with E-state index < -0.39 is 27.9 Å². The number of aromatic nitrogens is 2. The Morgan fingerprint density at radius 3 is 2.48 bits per heavy atom. The second-order valence-electron chi connectivity index (χ2n) is 6.26. The number of carboxylic acid groups (broad SMARTS) is 1. The second kappa shape index (κ2) is 10.4. The van der Waals surface area contributed by atoms with Crippen LogP contribution in [-0.4, -0.2) is 41.0 Å². The molecule has 164 valence electrons. The van der Waals surface area contributed by atoms with E-state index in [2.05, 4.69) is 15.0 Å². The van der Waals surface area contributed by atoms with Crippen molar-refractivity contribution in [3.05, 3.63) is 77.8 Å². The van der Waals surface area contributed by atoms with E-state index in [1.807, 2.05) is 0 Å². The van der Waals surface area contributed by atoms with E-state index in [9.17, 15) is 18.0 Å². The molecule has 1 aromatic heterocycles. The summed E-state index contributed by atoms with van der Waals surface area (Å²) in [7, 11) is -4.04. The van der Waals surface area contributed by atoms with Crippen molar-refractivity contribution in [3.63, 3.8) is 0 Å². The Kier molecular flexibility index (Phi) is 8.17. The average Bonchev–Trinajstić information content (AvgIpc) is 3.21. The van der Waals surface area contributed by atoms with Gasteiger partial charge in [-0.3, -0.25) is 4.79 Å². The van der Waals surface area contributed by atoms with Gasteiger partial charge in [0.1, 0.15) is 6.04 Å². The highest BCUT2D eigenvalue weighted by atomic mass is 35.5. The maximum absolute atomic E-state index is 12.8. The summed E-state index contributed by atoms with van der Waals surface area (Å²) in [4.78, 5) is 27.8. The third-order valence-electron chi connectivity index (χ3n) is 4.07. The first-order valence-electron chi connectivity index (χ1n) is 8.62. The molecule has 1 heterocycles. The monoisotopic (exact) mass is 484 g/mol. The molecule has 3 rings (SSSR count). The van der Waals surface area contributed by atoms with Crippen LogP contribution in [0.1, 0.15) is 10.4 Å². The molecule has 0 aliphatic carbocycles. The number of nitrogens with zero attached hydrogens (tertiary/aromatic N) is 2. The van der Waals surface area contributed by atoms with Crippen molar-refractivity contribution < 1.29 is 23.1 Å². The first kappa shape index (κ1) is 24.4. The number of benzene rings is 2. The SMILES string of the molecule is Cl.O=C(O)c1cccc(NC(=O)[C@H](Cn2ccnc2)NS(=O)(=O)c2ccc(Cl)cc2)c1. The van der Waals surface area contributed by atoms with Gasteiger partial charge in [0, 0.05) is 29.6 Å². The number of carboxylic acids is 1. The molecule has 0 aliphatic heterocycles. The molecule has 31 heavy (non-hydrogen) atoms. The van der Waals surface area contributed by atoms with Crippen LogP contribution in [0.5, 0.6) is 0 Å². The predicted octanol–water partition coefficient (Wildman–Crippen LogP) is 2.64. The van der Waals surface area contributed by atoms with Gasteiger partial charge in [0.15, 0.2) is 0 Å². The largest absolute Gasteiger partial charge is 0.478 e. The highest BCUT2D eigenvalue weighted by molar-refractivity contribution is 7.89. The normalized spacial score (nSPS) is 11.9. The number of carbonyl (C=O) groups is 2. The van der Waals surface area contributed by atoms with Gasteiger partial charge in [-0.05, 0) is 42.5 Å². The molecule has 9 nitrogen and oxygen atoms in total. The molecule has 3 aromatic rings. The van der Waals surface area contributed by atoms with E-state index in [1.165, 1.54) is 61.1 Å². The molecule has 3 N–H and O–H groups in total. The quantitative estimate of drug-likeness (QED) is 0.450. The van der Waals surface area contributed by atoms with Crippen molar-refractivity contribution in [3.8, 4) is 0 Å². The van der Waals surface area contributed by atoms with E-state index in [-0.39, 0.29) is 35.1 Å². The fraction of sp³-hybridized carbons (Fsp3) is 0.105. The molecule has 1 atom stereocenters. The topological polar surface area (TPSA) is 130 Å². The minimum absolute atomic E-state index is 0. The number of nitrogens with one attached hydrogen (secondary N) is 2. The average molecular weight is 485 g/mol. The van der Waals surface area contributed by atoms with Crippen LogP contribution in [0.3, 0.4) is 0 Å². The predicted molar refractivity (Wildman–Crippen MR) is 117 cm³/mol. The third kappa shape index (κ3) is 6.53. The number of imidazole rings is 1. The maximum Gasteiger partial charge on any atom is 0.335 e. The van der Waals surface area contributed by atoms with Crippen LogP contribution in [0.2, 0.25) is 5.02 Å². The minimum Gasteiger partial charge on any atom is -0.478 e. The second-order valence-corrected chi connectivity index (χ2v) is 8.41. The summed E-state index contributed by atoms with van der Waals surface area (Å²) in [5.41, 5.74) is 0.210. The zero-order chi connectivity index (χ0) is 21.7. The van der Waals surface area contributed by atoms with Gasteiger partial charge in [-0.2, -0.15) is 4.72 Å². The number of anilines is 1. The Hall–Kier alpha value is -2.92. The lowest BCUT2D eigenvalue weighted by atomic mass is 10.2. The van der Waals surface area contributed by atoms with Crippen molar-refractivity contribution >= 4 is 51.6 Å². The van der Waals surface area contributed by atoms with Crippen molar-refractivity contribution in [1.82, 2.24) is 14.3 Å². The molecule has 0 radical (unpaired) electrons. The lowest BCUT2D eigenvalue weighted by Gasteiger charge is -2.19. The first-order chi connectivity index (χ1) is 14.2. The molecule has 0 saturated carbocycles. The smallest absolute Gasteiger partial charge is 0.335 e. The van der Waals surface area contributed by atoms with Gasteiger partial charge in [-0.15, -0.1) is 12.4 Å². The van der Waals surface area contributed by atoms with E-state index in [0.29, 0.717) is 5.02 Å². The Labute approximate surface area is 189 Å². The Morgan fingerprint density at radius 2 is 1.87 bits per heavy atom. The van der Waals surface area contributed by atoms with Gasteiger partial charge >= 0.3 is 5.97 Å². The molecule has 0 aliphatic rings. The van der Waals surface area contributed by atoms with Crippen molar-refractivity contribution in [2.45, 2.75) is 17.5 Å². The van der Waals surface area contributed by atoms with Crippen LogP contribution in [0.4, 0.5) is 5.69 Å². The fourth-order valence-electron chi connectivity index (χ4n) is 2.61. The molecule has 0 spiro atoms. The molecule has 1 amide bonds. The summed E-state index contributed by atoms with van der Waals surface area (Å²) >= 11 is 5.81. The first-order valence-corrected chi connectivity index (χ1v) is 10.5. The minimum atomic E-state index is -4.04. The number of rotatable bonds is 8. The number of aromatic carboxylic acids is 1. The van der Waals surface area contributed by atoms with E-state index in [0.717, 1.165) is 0 Å². The molecule has 0 unspecified atom stereocenters. The standard InChI is InChI=1S/C19H17ClN4O5S.ClH/c20-14-4-6-16(7-5-14)30(28,29)23-17(11-24-9-8-21-12-24)18(25)22-15-3-1-2-13(10-15)19(26)27;/h1-10,12,17,23H,11H2,(H,22,25)(H,26,27);1H/t17-;/m0./s1. The number of carbonyl (C=O) groups excluding carboxylic acids is 1. The Bertz CT molecular complexity index is 1150. The molecule has 12 heteroatoms. The van der Waals surface area contributed by atoms with Crippen LogP contribution in [0, 0.1) is 0 Å². The summed E-state index contributed by atoms with van der Waals surface area (Å²) in [6, 6.07) is 9.95. The van der Waals surface area contributed by atoms with Crippen LogP contribution >= 0.6 is 24.0 Å². The highest BCUT2D eigenvalue weighted by Crippen LogP contribution is 2.16. The van der Waals surface area contributed by atoms with Gasteiger partial charge in [0.2, 0.25) is 15.9 Å². The van der Waals surface area contributed by atoms with Gasteiger partial charge < -0.3 is 15.0 Å². The number of amides is 1. The number of halogens is 2. The summed E-state index contributed by atoms with van der Waals surface area (Å²) in [5.74, 6) is -1.81. The third-order valence-corrected chi connectivity index (χ3v) is 5.81.